The van der Waals surface area contributed by atoms with Crippen LogP contribution in [-0.4, -0.2) is 35.9 Å². The Kier molecular flexibility index (Phi) is 3.69. The normalized spacial score (nSPS) is 20.4. The number of carbonyl (C=O) groups is 1. The molecule has 0 atom stereocenters. The van der Waals surface area contributed by atoms with E-state index in [2.05, 4.69) is 5.32 Å². The summed E-state index contributed by atoms with van der Waals surface area (Å²) < 4.78 is 0. The lowest BCUT2D eigenvalue weighted by Gasteiger charge is -2.26. The maximum absolute atomic E-state index is 10.2. The molecule has 0 radical (unpaired) electrons. The minimum Gasteiger partial charge on any atom is -0.480 e. The minimum absolute atomic E-state index is 0.0122. The van der Waals surface area contributed by atoms with Crippen molar-refractivity contribution >= 4 is 5.97 Å². The van der Waals surface area contributed by atoms with Crippen molar-refractivity contribution in [1.29, 1.82) is 0 Å². The van der Waals surface area contributed by atoms with E-state index >= 15 is 0 Å². The van der Waals surface area contributed by atoms with Gasteiger partial charge in [-0.05, 0) is 12.8 Å². The van der Waals surface area contributed by atoms with Crippen LogP contribution < -0.4 is 5.32 Å². The lowest BCUT2D eigenvalue weighted by molar-refractivity contribution is -0.136. The highest BCUT2D eigenvalue weighted by Crippen LogP contribution is 2.36. The van der Waals surface area contributed by atoms with Gasteiger partial charge in [-0.15, -0.1) is 0 Å². The summed E-state index contributed by atoms with van der Waals surface area (Å²) in [5.41, 5.74) is -0.0462. The first-order valence-corrected chi connectivity index (χ1v) is 4.72. The summed E-state index contributed by atoms with van der Waals surface area (Å²) in [6.45, 7) is 0.775. The summed E-state index contributed by atoms with van der Waals surface area (Å²) in [6, 6.07) is 0. The second-order valence-corrected chi connectivity index (χ2v) is 3.86. The van der Waals surface area contributed by atoms with Gasteiger partial charge in [0.05, 0.1) is 6.54 Å². The SMILES string of the molecule is O=C(O)CNCC1(CO)CCCC1. The Hall–Kier alpha value is -0.610. The second kappa shape index (κ2) is 4.58. The van der Waals surface area contributed by atoms with Crippen LogP contribution in [0, 0.1) is 5.41 Å². The Balaban J connectivity index is 2.27. The molecule has 0 amide bonds. The third-order valence-electron chi connectivity index (χ3n) is 2.78. The first kappa shape index (κ1) is 10.5. The largest absolute Gasteiger partial charge is 0.480 e. The summed E-state index contributed by atoms with van der Waals surface area (Å²) in [5.74, 6) is -0.842. The molecule has 0 spiro atoms. The summed E-state index contributed by atoms with van der Waals surface area (Å²) in [5, 5.41) is 20.5. The summed E-state index contributed by atoms with van der Waals surface area (Å²) in [4.78, 5) is 10.2. The smallest absolute Gasteiger partial charge is 0.317 e. The maximum atomic E-state index is 10.2. The van der Waals surface area contributed by atoms with Gasteiger partial charge in [-0.25, -0.2) is 0 Å². The topological polar surface area (TPSA) is 69.6 Å². The number of rotatable bonds is 5. The molecule has 0 bridgehead atoms. The zero-order valence-corrected chi connectivity index (χ0v) is 7.75. The molecule has 0 saturated heterocycles. The van der Waals surface area contributed by atoms with Crippen molar-refractivity contribution in [2.45, 2.75) is 25.7 Å². The molecular formula is C9H17NO3. The van der Waals surface area contributed by atoms with Crippen LogP contribution in [0.25, 0.3) is 0 Å². The van der Waals surface area contributed by atoms with E-state index in [1.165, 1.54) is 0 Å². The average Bonchev–Trinajstić information content (AvgIpc) is 2.53. The van der Waals surface area contributed by atoms with Gasteiger partial charge >= 0.3 is 5.97 Å². The molecule has 76 valence electrons. The van der Waals surface area contributed by atoms with Crippen molar-refractivity contribution in [3.8, 4) is 0 Å². The molecule has 0 aromatic rings. The van der Waals surface area contributed by atoms with Crippen molar-refractivity contribution in [3.05, 3.63) is 0 Å². The predicted octanol–water partition coefficient (Wildman–Crippen LogP) is 0.213. The molecule has 1 rings (SSSR count). The zero-order chi connectivity index (χ0) is 9.73. The highest BCUT2D eigenvalue weighted by Gasteiger charge is 2.32. The molecule has 4 heteroatoms. The molecule has 0 aliphatic heterocycles. The second-order valence-electron chi connectivity index (χ2n) is 3.86. The average molecular weight is 187 g/mol. The molecule has 0 unspecified atom stereocenters. The van der Waals surface area contributed by atoms with Gasteiger partial charge in [0.1, 0.15) is 0 Å². The lowest BCUT2D eigenvalue weighted by Crippen LogP contribution is -2.37. The highest BCUT2D eigenvalue weighted by molar-refractivity contribution is 5.68. The van der Waals surface area contributed by atoms with Crippen molar-refractivity contribution in [3.63, 3.8) is 0 Å². The van der Waals surface area contributed by atoms with Crippen LogP contribution in [0.15, 0.2) is 0 Å². The summed E-state index contributed by atoms with van der Waals surface area (Å²) in [6.07, 6.45) is 4.32. The van der Waals surface area contributed by atoms with Gasteiger partial charge in [-0.2, -0.15) is 0 Å². The predicted molar refractivity (Wildman–Crippen MR) is 48.5 cm³/mol. The van der Waals surface area contributed by atoms with Crippen molar-refractivity contribution in [1.82, 2.24) is 5.32 Å². The summed E-state index contributed by atoms with van der Waals surface area (Å²) in [7, 11) is 0. The Morgan fingerprint density at radius 2 is 2.00 bits per heavy atom. The number of nitrogens with one attached hydrogen (secondary N) is 1. The van der Waals surface area contributed by atoms with E-state index < -0.39 is 5.97 Å². The van der Waals surface area contributed by atoms with Gasteiger partial charge in [0.2, 0.25) is 0 Å². The van der Waals surface area contributed by atoms with E-state index in [-0.39, 0.29) is 18.6 Å². The molecular weight excluding hydrogens is 170 g/mol. The molecule has 1 aliphatic carbocycles. The van der Waals surface area contributed by atoms with E-state index in [0.717, 1.165) is 25.7 Å². The number of carboxylic acid groups (broad SMARTS) is 1. The van der Waals surface area contributed by atoms with Crippen LogP contribution in [0.1, 0.15) is 25.7 Å². The van der Waals surface area contributed by atoms with Gasteiger partial charge in [0.15, 0.2) is 0 Å². The van der Waals surface area contributed by atoms with Gasteiger partial charge < -0.3 is 15.5 Å². The fourth-order valence-corrected chi connectivity index (χ4v) is 1.95. The molecule has 0 aromatic carbocycles. The summed E-state index contributed by atoms with van der Waals surface area (Å²) >= 11 is 0. The lowest BCUT2D eigenvalue weighted by atomic mass is 9.87. The molecule has 4 nitrogen and oxygen atoms in total. The number of aliphatic carboxylic acids is 1. The maximum Gasteiger partial charge on any atom is 0.317 e. The van der Waals surface area contributed by atoms with Crippen molar-refractivity contribution in [2.24, 2.45) is 5.41 Å². The van der Waals surface area contributed by atoms with Crippen molar-refractivity contribution < 1.29 is 15.0 Å². The van der Waals surface area contributed by atoms with Crippen molar-refractivity contribution in [2.75, 3.05) is 19.7 Å². The Morgan fingerprint density at radius 3 is 2.46 bits per heavy atom. The fourth-order valence-electron chi connectivity index (χ4n) is 1.95. The van der Waals surface area contributed by atoms with Gasteiger partial charge in [0, 0.05) is 18.6 Å². The van der Waals surface area contributed by atoms with Gasteiger partial charge in [0.25, 0.3) is 0 Å². The molecule has 1 fully saturated rings. The van der Waals surface area contributed by atoms with Crippen LogP contribution in [-0.2, 0) is 4.79 Å². The number of aliphatic hydroxyl groups is 1. The molecule has 3 N–H and O–H groups in total. The number of hydrogen-bond donors (Lipinski definition) is 3. The van der Waals surface area contributed by atoms with Crippen LogP contribution in [0.5, 0.6) is 0 Å². The standard InChI is InChI=1S/C9H17NO3/c11-7-9(3-1-2-4-9)6-10-5-8(12)13/h10-11H,1-7H2,(H,12,13). The number of aliphatic hydroxyl groups excluding tert-OH is 1. The Bertz CT molecular complexity index is 176. The van der Waals surface area contributed by atoms with Crippen LogP contribution in [0.3, 0.4) is 0 Å². The van der Waals surface area contributed by atoms with Crippen LogP contribution >= 0.6 is 0 Å². The fraction of sp³-hybridized carbons (Fsp3) is 0.889. The number of carboxylic acids is 1. The molecule has 13 heavy (non-hydrogen) atoms. The first-order chi connectivity index (χ1) is 6.18. The van der Waals surface area contributed by atoms with Gasteiger partial charge in [-0.3, -0.25) is 4.79 Å². The zero-order valence-electron chi connectivity index (χ0n) is 7.75. The van der Waals surface area contributed by atoms with Crippen LogP contribution in [0.4, 0.5) is 0 Å². The van der Waals surface area contributed by atoms with E-state index in [0.29, 0.717) is 6.54 Å². The molecule has 0 heterocycles. The Labute approximate surface area is 78.0 Å². The third kappa shape index (κ3) is 2.97. The quantitative estimate of drug-likeness (QED) is 0.575. The molecule has 1 aliphatic rings. The van der Waals surface area contributed by atoms with E-state index in [9.17, 15) is 9.90 Å². The minimum atomic E-state index is -0.842. The van der Waals surface area contributed by atoms with Crippen LogP contribution in [0.2, 0.25) is 0 Å². The van der Waals surface area contributed by atoms with E-state index in [1.807, 2.05) is 0 Å². The highest BCUT2D eigenvalue weighted by atomic mass is 16.4. The van der Waals surface area contributed by atoms with E-state index in [4.69, 9.17) is 5.11 Å². The first-order valence-electron chi connectivity index (χ1n) is 4.72. The third-order valence-corrected chi connectivity index (χ3v) is 2.78. The molecule has 0 aromatic heterocycles. The van der Waals surface area contributed by atoms with E-state index in [1.54, 1.807) is 0 Å². The number of hydrogen-bond acceptors (Lipinski definition) is 3. The monoisotopic (exact) mass is 187 g/mol. The Morgan fingerprint density at radius 1 is 1.38 bits per heavy atom. The molecule has 1 saturated carbocycles. The van der Waals surface area contributed by atoms with Gasteiger partial charge in [-0.1, -0.05) is 12.8 Å².